The van der Waals surface area contributed by atoms with E-state index in [2.05, 4.69) is 10.3 Å². The van der Waals surface area contributed by atoms with E-state index in [9.17, 15) is 4.79 Å². The van der Waals surface area contributed by atoms with Crippen molar-refractivity contribution in [3.8, 4) is 0 Å². The third kappa shape index (κ3) is 3.19. The Morgan fingerprint density at radius 2 is 2.21 bits per heavy atom. The minimum Gasteiger partial charge on any atom is -0.344 e. The lowest BCUT2D eigenvalue weighted by atomic mass is 10.0. The molecule has 0 saturated heterocycles. The van der Waals surface area contributed by atoms with Gasteiger partial charge in [0.2, 0.25) is 0 Å². The summed E-state index contributed by atoms with van der Waals surface area (Å²) in [6.07, 6.45) is 0. The molecule has 100 valence electrons. The average molecular weight is 275 g/mol. The van der Waals surface area contributed by atoms with E-state index in [1.807, 2.05) is 38.1 Å². The van der Waals surface area contributed by atoms with Crippen LogP contribution >= 0.6 is 11.3 Å². The van der Waals surface area contributed by atoms with Crippen molar-refractivity contribution in [2.75, 3.05) is 0 Å². The molecule has 0 bridgehead atoms. The number of benzene rings is 1. The van der Waals surface area contributed by atoms with Crippen LogP contribution in [-0.4, -0.2) is 10.9 Å². The fraction of sp³-hybridized carbons (Fsp3) is 0.286. The molecule has 19 heavy (non-hydrogen) atoms. The van der Waals surface area contributed by atoms with Gasteiger partial charge in [0.15, 0.2) is 0 Å². The summed E-state index contributed by atoms with van der Waals surface area (Å²) in [5.74, 6) is -0.160. The molecular formula is C14H17N3OS. The second kappa shape index (κ2) is 5.95. The van der Waals surface area contributed by atoms with E-state index in [4.69, 9.17) is 5.73 Å². The van der Waals surface area contributed by atoms with Crippen LogP contribution < -0.4 is 11.1 Å². The van der Waals surface area contributed by atoms with Gasteiger partial charge in [-0.1, -0.05) is 24.3 Å². The molecule has 0 radical (unpaired) electrons. The third-order valence-corrected chi connectivity index (χ3v) is 3.83. The van der Waals surface area contributed by atoms with Gasteiger partial charge in [-0.25, -0.2) is 4.98 Å². The SMILES string of the molecule is Cc1ccccc1[C@@H](C)NC(=O)c1csc(CN)n1. The Morgan fingerprint density at radius 3 is 2.84 bits per heavy atom. The lowest BCUT2D eigenvalue weighted by Crippen LogP contribution is -2.27. The van der Waals surface area contributed by atoms with Crippen molar-refractivity contribution in [2.24, 2.45) is 5.73 Å². The molecule has 5 heteroatoms. The van der Waals surface area contributed by atoms with Gasteiger partial charge in [0.25, 0.3) is 5.91 Å². The van der Waals surface area contributed by atoms with Crippen molar-refractivity contribution in [1.29, 1.82) is 0 Å². The van der Waals surface area contributed by atoms with Crippen LogP contribution in [0.5, 0.6) is 0 Å². The van der Waals surface area contributed by atoms with Crippen LogP contribution in [0.3, 0.4) is 0 Å². The van der Waals surface area contributed by atoms with Gasteiger partial charge >= 0.3 is 0 Å². The number of thiazole rings is 1. The molecule has 2 rings (SSSR count). The zero-order valence-electron chi connectivity index (χ0n) is 11.0. The van der Waals surface area contributed by atoms with Crippen molar-refractivity contribution in [3.63, 3.8) is 0 Å². The molecule has 0 aliphatic heterocycles. The lowest BCUT2D eigenvalue weighted by molar-refractivity contribution is 0.0935. The van der Waals surface area contributed by atoms with E-state index in [-0.39, 0.29) is 11.9 Å². The maximum absolute atomic E-state index is 12.1. The third-order valence-electron chi connectivity index (χ3n) is 2.96. The molecule has 1 aromatic heterocycles. The first-order chi connectivity index (χ1) is 9.11. The molecule has 0 saturated carbocycles. The molecule has 0 unspecified atom stereocenters. The predicted molar refractivity (Wildman–Crippen MR) is 77.1 cm³/mol. The van der Waals surface area contributed by atoms with E-state index in [0.717, 1.165) is 16.1 Å². The monoisotopic (exact) mass is 275 g/mol. The Morgan fingerprint density at radius 1 is 1.47 bits per heavy atom. The molecular weight excluding hydrogens is 258 g/mol. The number of rotatable bonds is 4. The first-order valence-electron chi connectivity index (χ1n) is 6.12. The van der Waals surface area contributed by atoms with Gasteiger partial charge < -0.3 is 11.1 Å². The maximum Gasteiger partial charge on any atom is 0.271 e. The highest BCUT2D eigenvalue weighted by atomic mass is 32.1. The second-order valence-electron chi connectivity index (χ2n) is 4.38. The summed E-state index contributed by atoms with van der Waals surface area (Å²) in [5.41, 5.74) is 8.21. The molecule has 1 heterocycles. The molecule has 1 amide bonds. The quantitative estimate of drug-likeness (QED) is 0.900. The van der Waals surface area contributed by atoms with Gasteiger partial charge in [-0.3, -0.25) is 4.79 Å². The highest BCUT2D eigenvalue weighted by Gasteiger charge is 2.15. The van der Waals surface area contributed by atoms with Crippen molar-refractivity contribution < 1.29 is 4.79 Å². The van der Waals surface area contributed by atoms with E-state index in [1.165, 1.54) is 11.3 Å². The van der Waals surface area contributed by atoms with Gasteiger partial charge in [-0.15, -0.1) is 11.3 Å². The van der Waals surface area contributed by atoms with Gasteiger partial charge in [0.05, 0.1) is 6.04 Å². The number of nitrogens with two attached hydrogens (primary N) is 1. The standard InChI is InChI=1S/C14H17N3OS/c1-9-5-3-4-6-11(9)10(2)16-14(18)12-8-19-13(7-15)17-12/h3-6,8,10H,7,15H2,1-2H3,(H,16,18)/t10-/m1/s1. The Balaban J connectivity index is 2.08. The van der Waals surface area contributed by atoms with E-state index in [0.29, 0.717) is 12.2 Å². The predicted octanol–water partition coefficient (Wildman–Crippen LogP) is 2.40. The summed E-state index contributed by atoms with van der Waals surface area (Å²) in [5, 5.41) is 5.47. The molecule has 4 nitrogen and oxygen atoms in total. The zero-order valence-corrected chi connectivity index (χ0v) is 11.8. The smallest absolute Gasteiger partial charge is 0.271 e. The maximum atomic E-state index is 12.1. The zero-order chi connectivity index (χ0) is 13.8. The summed E-state index contributed by atoms with van der Waals surface area (Å²) in [6, 6.07) is 7.97. The fourth-order valence-corrected chi connectivity index (χ4v) is 2.58. The van der Waals surface area contributed by atoms with E-state index in [1.54, 1.807) is 5.38 Å². The van der Waals surface area contributed by atoms with Gasteiger partial charge in [-0.2, -0.15) is 0 Å². The van der Waals surface area contributed by atoms with Gasteiger partial charge in [-0.05, 0) is 25.0 Å². The van der Waals surface area contributed by atoms with Crippen LogP contribution in [0.1, 0.15) is 39.6 Å². The Bertz CT molecular complexity index is 580. The number of aryl methyl sites for hydroxylation is 1. The molecule has 0 aliphatic carbocycles. The molecule has 0 spiro atoms. The fourth-order valence-electron chi connectivity index (χ4n) is 1.93. The Kier molecular flexibility index (Phi) is 4.29. The second-order valence-corrected chi connectivity index (χ2v) is 5.33. The number of nitrogens with one attached hydrogen (secondary N) is 1. The first-order valence-corrected chi connectivity index (χ1v) is 7.00. The van der Waals surface area contributed by atoms with Crippen molar-refractivity contribution in [2.45, 2.75) is 26.4 Å². The lowest BCUT2D eigenvalue weighted by Gasteiger charge is -2.15. The number of nitrogens with zero attached hydrogens (tertiary/aromatic N) is 1. The summed E-state index contributed by atoms with van der Waals surface area (Å²) in [7, 11) is 0. The Labute approximate surface area is 116 Å². The van der Waals surface area contributed by atoms with E-state index >= 15 is 0 Å². The molecule has 3 N–H and O–H groups in total. The first kappa shape index (κ1) is 13.7. The number of amides is 1. The highest BCUT2D eigenvalue weighted by molar-refractivity contribution is 7.09. The molecule has 1 aromatic carbocycles. The summed E-state index contributed by atoms with van der Waals surface area (Å²) in [6.45, 7) is 4.37. The van der Waals surface area contributed by atoms with Crippen LogP contribution in [0, 0.1) is 6.92 Å². The number of aromatic nitrogens is 1. The summed E-state index contributed by atoms with van der Waals surface area (Å²) < 4.78 is 0. The molecule has 2 aromatic rings. The minimum absolute atomic E-state index is 0.0447. The minimum atomic E-state index is -0.160. The van der Waals surface area contributed by atoms with Gasteiger partial charge in [0, 0.05) is 11.9 Å². The number of hydrogen-bond acceptors (Lipinski definition) is 4. The van der Waals surface area contributed by atoms with Crippen LogP contribution in [0.2, 0.25) is 0 Å². The summed E-state index contributed by atoms with van der Waals surface area (Å²) in [4.78, 5) is 16.2. The number of carbonyl (C=O) groups excluding carboxylic acids is 1. The highest BCUT2D eigenvalue weighted by Crippen LogP contribution is 2.17. The normalized spacial score (nSPS) is 12.2. The van der Waals surface area contributed by atoms with Crippen LogP contribution in [0.15, 0.2) is 29.6 Å². The molecule has 1 atom stereocenters. The number of carbonyl (C=O) groups is 1. The van der Waals surface area contributed by atoms with Crippen LogP contribution in [-0.2, 0) is 6.54 Å². The largest absolute Gasteiger partial charge is 0.344 e. The topological polar surface area (TPSA) is 68.0 Å². The number of hydrogen-bond donors (Lipinski definition) is 2. The van der Waals surface area contributed by atoms with Crippen molar-refractivity contribution >= 4 is 17.2 Å². The summed E-state index contributed by atoms with van der Waals surface area (Å²) >= 11 is 1.41. The van der Waals surface area contributed by atoms with Crippen LogP contribution in [0.4, 0.5) is 0 Å². The van der Waals surface area contributed by atoms with E-state index < -0.39 is 0 Å². The molecule has 0 fully saturated rings. The van der Waals surface area contributed by atoms with Gasteiger partial charge in [0.1, 0.15) is 10.7 Å². The van der Waals surface area contributed by atoms with Crippen LogP contribution in [0.25, 0.3) is 0 Å². The Hall–Kier alpha value is -1.72. The van der Waals surface area contributed by atoms with Crippen molar-refractivity contribution in [3.05, 3.63) is 51.5 Å². The molecule has 0 aliphatic rings. The average Bonchev–Trinajstić information content (AvgIpc) is 2.88. The van der Waals surface area contributed by atoms with Crippen molar-refractivity contribution in [1.82, 2.24) is 10.3 Å².